The Balaban J connectivity index is 4.17. The molecule has 0 rings (SSSR count). The molecule has 1 unspecified atom stereocenters. The van der Waals surface area contributed by atoms with Gasteiger partial charge in [-0.05, 0) is 12.8 Å². The van der Waals surface area contributed by atoms with Crippen molar-refractivity contribution in [1.29, 1.82) is 0 Å². The molecule has 0 fully saturated rings. The van der Waals surface area contributed by atoms with Crippen LogP contribution in [0.1, 0.15) is 33.1 Å². The fourth-order valence-corrected chi connectivity index (χ4v) is 1.12. The maximum Gasteiger partial charge on any atom is 0.213 e. The molecule has 5 nitrogen and oxygen atoms in total. The lowest BCUT2D eigenvalue weighted by atomic mass is 10.1. The Kier molecular flexibility index (Phi) is 6.92. The zero-order chi connectivity index (χ0) is 11.0. The highest BCUT2D eigenvalue weighted by Gasteiger charge is 2.03. The highest BCUT2D eigenvalue weighted by Crippen LogP contribution is 2.05. The summed E-state index contributed by atoms with van der Waals surface area (Å²) in [6.07, 6.45) is 3.04. The first-order valence-corrected chi connectivity index (χ1v) is 5.02. The van der Waals surface area contributed by atoms with Crippen LogP contribution < -0.4 is 16.8 Å². The summed E-state index contributed by atoms with van der Waals surface area (Å²) in [4.78, 5) is 4.24. The Bertz CT molecular complexity index is 214. The second-order valence-electron chi connectivity index (χ2n) is 2.96. The van der Waals surface area contributed by atoms with Gasteiger partial charge in [-0.1, -0.05) is 20.3 Å². The minimum atomic E-state index is 0.0549. The third kappa shape index (κ3) is 5.64. The molecule has 0 bridgehead atoms. The van der Waals surface area contributed by atoms with E-state index in [4.69, 9.17) is 23.2 Å². The van der Waals surface area contributed by atoms with Gasteiger partial charge in [0, 0.05) is 11.8 Å². The van der Waals surface area contributed by atoms with Gasteiger partial charge >= 0.3 is 0 Å². The van der Waals surface area contributed by atoms with E-state index in [0.29, 0.717) is 0 Å². The number of rotatable bonds is 4. The summed E-state index contributed by atoms with van der Waals surface area (Å²) < 4.78 is 3.20. The molecule has 0 spiro atoms. The van der Waals surface area contributed by atoms with E-state index in [9.17, 15) is 0 Å². The van der Waals surface area contributed by atoms with Crippen LogP contribution in [0.25, 0.3) is 0 Å². The molecule has 5 N–H and O–H groups in total. The van der Waals surface area contributed by atoms with Crippen LogP contribution in [0.2, 0.25) is 0 Å². The van der Waals surface area contributed by atoms with Gasteiger partial charge in [0.05, 0.1) is 6.04 Å². The molecule has 0 aromatic carbocycles. The lowest BCUT2D eigenvalue weighted by Gasteiger charge is -2.10. The van der Waals surface area contributed by atoms with Crippen LogP contribution in [0.3, 0.4) is 0 Å². The van der Waals surface area contributed by atoms with Crippen molar-refractivity contribution in [2.45, 2.75) is 39.2 Å². The Morgan fingerprint density at radius 2 is 2.00 bits per heavy atom. The minimum absolute atomic E-state index is 0.0549. The molecule has 0 aliphatic rings. The maximum atomic E-state index is 5.58. The van der Waals surface area contributed by atoms with Gasteiger partial charge in [-0.2, -0.15) is 0 Å². The highest BCUT2D eigenvalue weighted by atomic mass is 35.5. The number of nitrogens with two attached hydrogens (primary N) is 2. The molecule has 0 aromatic rings. The van der Waals surface area contributed by atoms with Gasteiger partial charge in [-0.15, -0.1) is 4.51 Å². The molecular formula is C8H18ClN5. The lowest BCUT2D eigenvalue weighted by Crippen LogP contribution is -2.41. The zero-order valence-electron chi connectivity index (χ0n) is 8.63. The summed E-state index contributed by atoms with van der Waals surface area (Å²) in [5.74, 6) is 0.312. The predicted molar refractivity (Wildman–Crippen MR) is 61.2 cm³/mol. The van der Waals surface area contributed by atoms with Gasteiger partial charge in [-0.3, -0.25) is 5.32 Å². The molecule has 1 atom stereocenters. The second kappa shape index (κ2) is 7.44. The molecule has 82 valence electrons. The Hall–Kier alpha value is -0.970. The van der Waals surface area contributed by atoms with Crippen molar-refractivity contribution in [3.63, 3.8) is 0 Å². The largest absolute Gasteiger partial charge is 0.370 e. The van der Waals surface area contributed by atoms with E-state index in [0.717, 1.165) is 19.3 Å². The first-order valence-electron chi connectivity index (χ1n) is 4.68. The van der Waals surface area contributed by atoms with Crippen LogP contribution in [0.4, 0.5) is 0 Å². The highest BCUT2D eigenvalue weighted by molar-refractivity contribution is 6.20. The number of nitrogens with zero attached hydrogens (tertiary/aromatic N) is 2. The molecule has 0 saturated heterocycles. The van der Waals surface area contributed by atoms with E-state index in [-0.39, 0.29) is 18.0 Å². The average Bonchev–Trinajstić information content (AvgIpc) is 2.16. The SMILES string of the molecule is CCCC(CC)N=C(N)NC(N)=NCl. The van der Waals surface area contributed by atoms with E-state index < -0.39 is 0 Å². The number of hydrogen-bond donors (Lipinski definition) is 3. The molecule has 0 heterocycles. The van der Waals surface area contributed by atoms with Crippen molar-refractivity contribution in [3.05, 3.63) is 0 Å². The summed E-state index contributed by atoms with van der Waals surface area (Å²) in [6, 6.07) is 0.232. The molecule has 6 heteroatoms. The Labute approximate surface area is 89.7 Å². The molecule has 0 saturated carbocycles. The van der Waals surface area contributed by atoms with Crippen molar-refractivity contribution in [2.24, 2.45) is 21.0 Å². The second-order valence-corrected chi connectivity index (χ2v) is 3.13. The summed E-state index contributed by atoms with van der Waals surface area (Å²) in [5.41, 5.74) is 10.9. The van der Waals surface area contributed by atoms with E-state index in [1.165, 1.54) is 0 Å². The van der Waals surface area contributed by atoms with E-state index in [1.54, 1.807) is 0 Å². The minimum Gasteiger partial charge on any atom is -0.370 e. The van der Waals surface area contributed by atoms with E-state index >= 15 is 0 Å². The number of halogens is 1. The molecule has 0 amide bonds. The van der Waals surface area contributed by atoms with Crippen molar-refractivity contribution >= 4 is 23.7 Å². The van der Waals surface area contributed by atoms with Crippen molar-refractivity contribution in [1.82, 2.24) is 5.32 Å². The standard InChI is InChI=1S/C8H18ClN5/c1-3-5-6(4-2)12-7(10)13-8(11)14-9/h6H,3-5H2,1-2H3,(H5,10,11,12,13,14). The molecule has 0 aliphatic heterocycles. The Morgan fingerprint density at radius 3 is 2.43 bits per heavy atom. The molecule has 0 aromatic heterocycles. The summed E-state index contributed by atoms with van der Waals surface area (Å²) in [6.45, 7) is 4.17. The number of nitrogens with one attached hydrogen (secondary N) is 1. The average molecular weight is 220 g/mol. The fourth-order valence-electron chi connectivity index (χ4n) is 1.07. The number of aliphatic imine (C=N–C) groups is 1. The summed E-state index contributed by atoms with van der Waals surface area (Å²) in [7, 11) is 0. The van der Waals surface area contributed by atoms with Crippen molar-refractivity contribution in [3.8, 4) is 0 Å². The molecule has 0 aliphatic carbocycles. The lowest BCUT2D eigenvalue weighted by molar-refractivity contribution is 0.587. The van der Waals surface area contributed by atoms with Gasteiger partial charge in [0.1, 0.15) is 0 Å². The van der Waals surface area contributed by atoms with Gasteiger partial charge < -0.3 is 11.5 Å². The smallest absolute Gasteiger partial charge is 0.213 e. The van der Waals surface area contributed by atoms with Crippen LogP contribution in [-0.2, 0) is 0 Å². The van der Waals surface area contributed by atoms with Gasteiger partial charge in [-0.25, -0.2) is 4.99 Å². The first kappa shape index (κ1) is 13.0. The molecule has 0 radical (unpaired) electrons. The third-order valence-corrected chi connectivity index (χ3v) is 1.94. The molecule has 14 heavy (non-hydrogen) atoms. The first-order chi connectivity index (χ1) is 6.63. The normalized spacial score (nSPS) is 15.4. The summed E-state index contributed by atoms with van der Waals surface area (Å²) in [5, 5.41) is 2.58. The van der Waals surface area contributed by atoms with Crippen molar-refractivity contribution < 1.29 is 0 Å². The zero-order valence-corrected chi connectivity index (χ0v) is 9.38. The quantitative estimate of drug-likeness (QED) is 0.486. The van der Waals surface area contributed by atoms with Crippen LogP contribution >= 0.6 is 11.8 Å². The topological polar surface area (TPSA) is 88.8 Å². The third-order valence-electron chi connectivity index (χ3n) is 1.76. The molecular weight excluding hydrogens is 202 g/mol. The van der Waals surface area contributed by atoms with Crippen molar-refractivity contribution in [2.75, 3.05) is 0 Å². The van der Waals surface area contributed by atoms with Crippen LogP contribution in [-0.4, -0.2) is 18.0 Å². The fraction of sp³-hybridized carbons (Fsp3) is 0.750. The van der Waals surface area contributed by atoms with E-state index in [1.807, 2.05) is 0 Å². The number of hydrogen-bond acceptors (Lipinski definition) is 2. The predicted octanol–water partition coefficient (Wildman–Crippen LogP) is 0.938. The van der Waals surface area contributed by atoms with Gasteiger partial charge in [0.25, 0.3) is 0 Å². The Morgan fingerprint density at radius 1 is 1.36 bits per heavy atom. The van der Waals surface area contributed by atoms with Gasteiger partial charge in [0.15, 0.2) is 5.96 Å². The van der Waals surface area contributed by atoms with Crippen LogP contribution in [0.5, 0.6) is 0 Å². The maximum absolute atomic E-state index is 5.58. The van der Waals surface area contributed by atoms with Crippen LogP contribution in [0, 0.1) is 0 Å². The van der Waals surface area contributed by atoms with Gasteiger partial charge in [0.2, 0.25) is 5.96 Å². The van der Waals surface area contributed by atoms with Crippen LogP contribution in [0.15, 0.2) is 9.50 Å². The number of guanidine groups is 2. The summed E-state index contributed by atoms with van der Waals surface area (Å²) >= 11 is 5.12. The van der Waals surface area contributed by atoms with E-state index in [2.05, 4.69) is 28.7 Å². The monoisotopic (exact) mass is 219 g/mol.